The Kier molecular flexibility index (Phi) is 12.0. The Hall–Kier alpha value is -0.650. The summed E-state index contributed by atoms with van der Waals surface area (Å²) in [6.45, 7) is 7.69. The first-order valence-electron chi connectivity index (χ1n) is 5.02. The van der Waals surface area contributed by atoms with E-state index in [0.29, 0.717) is 13.2 Å². The van der Waals surface area contributed by atoms with Crippen molar-refractivity contribution in [2.75, 3.05) is 13.2 Å². The van der Waals surface area contributed by atoms with Crippen LogP contribution in [0.4, 0.5) is 0 Å². The maximum Gasteiger partial charge on any atom is 0.332 e. The Morgan fingerprint density at radius 3 is 1.62 bits per heavy atom. The number of aliphatic carboxylic acids is 1. The lowest BCUT2D eigenvalue weighted by atomic mass is 10.4. The molecule has 0 aromatic heterocycles. The van der Waals surface area contributed by atoms with Crippen LogP contribution in [0.1, 0.15) is 27.7 Å². The molecule has 0 spiro atoms. The van der Waals surface area contributed by atoms with Crippen LogP contribution in [-0.2, 0) is 19.1 Å². The topological polar surface area (TPSA) is 72.8 Å². The van der Waals surface area contributed by atoms with Gasteiger partial charge in [0.1, 0.15) is 6.10 Å². The van der Waals surface area contributed by atoms with Crippen LogP contribution >= 0.6 is 11.6 Å². The normalized spacial score (nSPS) is 13.3. The van der Waals surface area contributed by atoms with Gasteiger partial charge in [-0.2, -0.15) is 0 Å². The number of carbonyl (C=O) groups excluding carboxylic acids is 1. The monoisotopic (exact) mass is 254 g/mol. The number of ether oxygens (including phenoxy) is 2. The van der Waals surface area contributed by atoms with E-state index in [1.54, 1.807) is 13.8 Å². The predicted molar refractivity (Wildman–Crippen MR) is 60.7 cm³/mol. The lowest BCUT2D eigenvalue weighted by molar-refractivity contribution is -0.148. The molecule has 0 rings (SSSR count). The van der Waals surface area contributed by atoms with Crippen molar-refractivity contribution in [3.8, 4) is 0 Å². The third-order valence-electron chi connectivity index (χ3n) is 1.50. The Bertz CT molecular complexity index is 185. The summed E-state index contributed by atoms with van der Waals surface area (Å²) < 4.78 is 9.53. The molecule has 0 saturated heterocycles. The molecule has 0 fully saturated rings. The van der Waals surface area contributed by atoms with Gasteiger partial charge in [0.2, 0.25) is 5.24 Å². The summed E-state index contributed by atoms with van der Waals surface area (Å²) >= 11 is 5.04. The molecule has 0 aliphatic rings. The third-order valence-corrected chi connectivity index (χ3v) is 1.81. The Morgan fingerprint density at radius 2 is 1.50 bits per heavy atom. The van der Waals surface area contributed by atoms with E-state index in [4.69, 9.17) is 26.2 Å². The van der Waals surface area contributed by atoms with Gasteiger partial charge in [-0.15, -0.1) is 0 Å². The van der Waals surface area contributed by atoms with Gasteiger partial charge in [0.05, 0.1) is 0 Å². The van der Waals surface area contributed by atoms with Crippen LogP contribution in [0.25, 0.3) is 0 Å². The van der Waals surface area contributed by atoms with Crippen LogP contribution in [0.2, 0.25) is 0 Å². The van der Waals surface area contributed by atoms with E-state index in [9.17, 15) is 9.59 Å². The first-order chi connectivity index (χ1) is 7.36. The summed E-state index contributed by atoms with van der Waals surface area (Å²) in [5.41, 5.74) is 0. The quantitative estimate of drug-likeness (QED) is 0.730. The zero-order valence-electron chi connectivity index (χ0n) is 10.0. The summed E-state index contributed by atoms with van der Waals surface area (Å²) in [6.07, 6.45) is -1.12. The van der Waals surface area contributed by atoms with Gasteiger partial charge in [-0.05, 0) is 39.3 Å². The summed E-state index contributed by atoms with van der Waals surface area (Å²) in [4.78, 5) is 20.1. The van der Waals surface area contributed by atoms with Crippen molar-refractivity contribution in [1.82, 2.24) is 0 Å². The molecule has 0 bridgehead atoms. The van der Waals surface area contributed by atoms with Gasteiger partial charge in [0, 0.05) is 13.2 Å². The molecule has 0 amide bonds. The second-order valence-corrected chi connectivity index (χ2v) is 3.21. The van der Waals surface area contributed by atoms with Gasteiger partial charge in [-0.3, -0.25) is 4.79 Å². The number of rotatable bonds is 6. The van der Waals surface area contributed by atoms with Crippen LogP contribution in [-0.4, -0.2) is 41.7 Å². The van der Waals surface area contributed by atoms with Gasteiger partial charge in [0.25, 0.3) is 0 Å². The molecule has 2 atom stereocenters. The minimum absolute atomic E-state index is 0.438. The van der Waals surface area contributed by atoms with Crippen molar-refractivity contribution < 1.29 is 24.2 Å². The number of carboxylic acid groups (broad SMARTS) is 1. The molecule has 96 valence electrons. The molecule has 16 heavy (non-hydrogen) atoms. The number of hydrogen-bond acceptors (Lipinski definition) is 4. The van der Waals surface area contributed by atoms with Crippen LogP contribution in [0.5, 0.6) is 0 Å². The number of halogens is 1. The fraction of sp³-hybridized carbons (Fsp3) is 0.800. The van der Waals surface area contributed by atoms with Crippen LogP contribution in [0.15, 0.2) is 0 Å². The Balaban J connectivity index is 0. The van der Waals surface area contributed by atoms with Gasteiger partial charge < -0.3 is 14.6 Å². The standard InChI is InChI=1S/C5H9ClO2.C5H10O3/c2*1-3-8-4(2)5(6)7/h4H,3H2,1-2H3;4H,3H2,1-2H3,(H,6,7)/t2*4-/m11/s1. The van der Waals surface area contributed by atoms with Gasteiger partial charge in [-0.25, -0.2) is 4.79 Å². The van der Waals surface area contributed by atoms with Crippen LogP contribution in [0, 0.1) is 0 Å². The molecule has 0 aromatic rings. The smallest absolute Gasteiger partial charge is 0.332 e. The summed E-state index contributed by atoms with van der Waals surface area (Å²) in [5, 5.41) is 7.75. The highest BCUT2D eigenvalue weighted by molar-refractivity contribution is 6.64. The fourth-order valence-corrected chi connectivity index (χ4v) is 0.700. The minimum Gasteiger partial charge on any atom is -0.479 e. The Morgan fingerprint density at radius 1 is 1.12 bits per heavy atom. The second-order valence-electron chi connectivity index (χ2n) is 2.84. The largest absolute Gasteiger partial charge is 0.479 e. The van der Waals surface area contributed by atoms with E-state index in [-0.39, 0.29) is 0 Å². The van der Waals surface area contributed by atoms with Gasteiger partial charge in [-0.1, -0.05) is 0 Å². The van der Waals surface area contributed by atoms with Crippen molar-refractivity contribution >= 4 is 22.8 Å². The van der Waals surface area contributed by atoms with Crippen LogP contribution in [0.3, 0.4) is 0 Å². The number of hydrogen-bond donors (Lipinski definition) is 1. The SMILES string of the molecule is CCO[C@H](C)C(=O)Cl.CCO[C@H](C)C(=O)O. The van der Waals surface area contributed by atoms with Crippen molar-refractivity contribution in [2.45, 2.75) is 39.9 Å². The van der Waals surface area contributed by atoms with Crippen molar-refractivity contribution in [1.29, 1.82) is 0 Å². The number of carboxylic acids is 1. The summed E-state index contributed by atoms with van der Waals surface area (Å²) in [7, 11) is 0. The maximum absolute atomic E-state index is 10.2. The van der Waals surface area contributed by atoms with Crippen molar-refractivity contribution in [3.63, 3.8) is 0 Å². The molecule has 0 aromatic carbocycles. The fourth-order valence-electron chi connectivity index (χ4n) is 0.637. The molecule has 6 heteroatoms. The second kappa shape index (κ2) is 10.9. The van der Waals surface area contributed by atoms with Crippen molar-refractivity contribution in [2.24, 2.45) is 0 Å². The molecule has 1 N–H and O–H groups in total. The first kappa shape index (κ1) is 17.7. The maximum atomic E-state index is 10.2. The molecule has 0 unspecified atom stereocenters. The lowest BCUT2D eigenvalue weighted by Crippen LogP contribution is -2.19. The number of carbonyl (C=O) groups is 2. The van der Waals surface area contributed by atoms with E-state index in [1.165, 1.54) is 6.92 Å². The van der Waals surface area contributed by atoms with E-state index >= 15 is 0 Å². The van der Waals surface area contributed by atoms with Crippen molar-refractivity contribution in [3.05, 3.63) is 0 Å². The molecule has 0 aliphatic heterocycles. The van der Waals surface area contributed by atoms with Crippen LogP contribution < -0.4 is 0 Å². The average molecular weight is 255 g/mol. The molecule has 0 heterocycles. The van der Waals surface area contributed by atoms with E-state index in [2.05, 4.69) is 0 Å². The highest BCUT2D eigenvalue weighted by atomic mass is 35.5. The predicted octanol–water partition coefficient (Wildman–Crippen LogP) is 1.67. The third kappa shape index (κ3) is 11.4. The average Bonchev–Trinajstić information content (AvgIpc) is 2.19. The van der Waals surface area contributed by atoms with E-state index in [1.807, 2.05) is 6.92 Å². The van der Waals surface area contributed by atoms with E-state index in [0.717, 1.165) is 0 Å². The minimum atomic E-state index is -0.910. The first-order valence-corrected chi connectivity index (χ1v) is 5.39. The molecule has 5 nitrogen and oxygen atoms in total. The molecular weight excluding hydrogens is 236 g/mol. The summed E-state index contributed by atoms with van der Waals surface area (Å²) in [6, 6.07) is 0. The summed E-state index contributed by atoms with van der Waals surface area (Å²) in [5.74, 6) is -0.910. The zero-order valence-corrected chi connectivity index (χ0v) is 10.8. The molecule has 0 radical (unpaired) electrons. The van der Waals surface area contributed by atoms with E-state index < -0.39 is 23.4 Å². The molecular formula is C10H19ClO5. The lowest BCUT2D eigenvalue weighted by Gasteiger charge is -2.03. The van der Waals surface area contributed by atoms with Gasteiger partial charge in [0.15, 0.2) is 6.10 Å². The molecule has 0 saturated carbocycles. The Labute approximate surface area is 101 Å². The van der Waals surface area contributed by atoms with Gasteiger partial charge >= 0.3 is 5.97 Å². The highest BCUT2D eigenvalue weighted by Gasteiger charge is 2.08. The molecule has 0 aliphatic carbocycles. The highest BCUT2D eigenvalue weighted by Crippen LogP contribution is 1.94. The zero-order chi connectivity index (χ0) is 13.1.